The molecule has 0 N–H and O–H groups in total. The van der Waals surface area contributed by atoms with E-state index in [0.717, 1.165) is 9.37 Å². The molecular weight excluding hydrogens is 354 g/mol. The summed E-state index contributed by atoms with van der Waals surface area (Å²) in [6, 6.07) is 13.9. The smallest absolute Gasteiger partial charge is 0.312 e. The SMILES string of the molecule is O=C(ON=C1Sc2ccccc2C1=O)c1cccc(Br)c1. The predicted octanol–water partition coefficient (Wildman–Crippen LogP) is 3.91. The van der Waals surface area contributed by atoms with Gasteiger partial charge in [0.2, 0.25) is 5.78 Å². The van der Waals surface area contributed by atoms with Gasteiger partial charge in [-0.3, -0.25) is 4.79 Å². The predicted molar refractivity (Wildman–Crippen MR) is 83.6 cm³/mol. The number of Topliss-reactive ketones (excluding diaryl/α,β-unsaturated/α-hetero) is 1. The topological polar surface area (TPSA) is 55.7 Å². The van der Waals surface area contributed by atoms with Gasteiger partial charge in [-0.25, -0.2) is 4.79 Å². The Morgan fingerprint density at radius 2 is 1.95 bits per heavy atom. The third-order valence-corrected chi connectivity index (χ3v) is 4.33. The summed E-state index contributed by atoms with van der Waals surface area (Å²) in [5.41, 5.74) is 0.946. The van der Waals surface area contributed by atoms with Crippen LogP contribution in [0.25, 0.3) is 0 Å². The molecular formula is C15H8BrNO3S. The number of ketones is 1. The number of hydrogen-bond acceptors (Lipinski definition) is 5. The van der Waals surface area contributed by atoms with Gasteiger partial charge in [-0.05, 0) is 30.3 Å². The van der Waals surface area contributed by atoms with Crippen LogP contribution < -0.4 is 0 Å². The largest absolute Gasteiger partial charge is 0.365 e. The lowest BCUT2D eigenvalue weighted by Crippen LogP contribution is -2.07. The van der Waals surface area contributed by atoms with Crippen molar-refractivity contribution in [2.24, 2.45) is 5.16 Å². The van der Waals surface area contributed by atoms with Crippen LogP contribution in [-0.2, 0) is 4.84 Å². The lowest BCUT2D eigenvalue weighted by Gasteiger charge is -1.99. The number of halogens is 1. The molecule has 4 nitrogen and oxygen atoms in total. The van der Waals surface area contributed by atoms with E-state index in [2.05, 4.69) is 21.1 Å². The second kappa shape index (κ2) is 5.83. The average molecular weight is 362 g/mol. The lowest BCUT2D eigenvalue weighted by atomic mass is 10.1. The van der Waals surface area contributed by atoms with Gasteiger partial charge < -0.3 is 4.84 Å². The maximum Gasteiger partial charge on any atom is 0.365 e. The summed E-state index contributed by atoms with van der Waals surface area (Å²) in [4.78, 5) is 29.6. The molecule has 0 fully saturated rings. The van der Waals surface area contributed by atoms with Gasteiger partial charge in [0.1, 0.15) is 0 Å². The van der Waals surface area contributed by atoms with E-state index in [1.54, 1.807) is 36.4 Å². The van der Waals surface area contributed by atoms with E-state index < -0.39 is 5.97 Å². The Bertz CT molecular complexity index is 773. The average Bonchev–Trinajstić information content (AvgIpc) is 2.82. The van der Waals surface area contributed by atoms with Gasteiger partial charge in [0.05, 0.1) is 5.56 Å². The first-order valence-electron chi connectivity index (χ1n) is 6.01. The van der Waals surface area contributed by atoms with Crippen molar-refractivity contribution < 1.29 is 14.4 Å². The third-order valence-electron chi connectivity index (χ3n) is 2.80. The Morgan fingerprint density at radius 3 is 2.71 bits per heavy atom. The van der Waals surface area contributed by atoms with E-state index in [0.29, 0.717) is 11.1 Å². The van der Waals surface area contributed by atoms with E-state index in [1.165, 1.54) is 11.8 Å². The van der Waals surface area contributed by atoms with Crippen molar-refractivity contribution in [2.45, 2.75) is 4.90 Å². The zero-order valence-corrected chi connectivity index (χ0v) is 13.0. The van der Waals surface area contributed by atoms with Crippen molar-refractivity contribution in [3.05, 3.63) is 64.1 Å². The number of carbonyl (C=O) groups excluding carboxylic acids is 2. The Kier molecular flexibility index (Phi) is 3.90. The zero-order valence-electron chi connectivity index (χ0n) is 10.6. The number of oxime groups is 1. The van der Waals surface area contributed by atoms with Crippen molar-refractivity contribution in [1.29, 1.82) is 0 Å². The molecule has 2 aromatic carbocycles. The first-order chi connectivity index (χ1) is 10.1. The molecule has 104 valence electrons. The standard InChI is InChI=1S/C15H8BrNO3S/c16-10-5-3-4-9(8-10)15(19)20-17-14-13(18)11-6-1-2-7-12(11)21-14/h1-8H. The number of fused-ring (bicyclic) bond motifs is 1. The number of thioether (sulfide) groups is 1. The maximum atomic E-state index is 12.0. The van der Waals surface area contributed by atoms with Crippen LogP contribution in [0.2, 0.25) is 0 Å². The summed E-state index contributed by atoms with van der Waals surface area (Å²) >= 11 is 4.47. The second-order valence-corrected chi connectivity index (χ2v) is 6.16. The molecule has 0 saturated heterocycles. The first kappa shape index (κ1) is 14.0. The van der Waals surface area contributed by atoms with Crippen LogP contribution >= 0.6 is 27.7 Å². The number of carbonyl (C=O) groups is 2. The molecule has 3 rings (SSSR count). The van der Waals surface area contributed by atoms with Gasteiger partial charge in [-0.1, -0.05) is 51.0 Å². The van der Waals surface area contributed by atoms with E-state index in [4.69, 9.17) is 4.84 Å². The summed E-state index contributed by atoms with van der Waals surface area (Å²) in [5.74, 6) is -0.828. The van der Waals surface area contributed by atoms with Crippen LogP contribution in [0.4, 0.5) is 0 Å². The minimum atomic E-state index is -0.604. The zero-order chi connectivity index (χ0) is 14.8. The van der Waals surface area contributed by atoms with E-state index >= 15 is 0 Å². The normalized spacial score (nSPS) is 15.1. The van der Waals surface area contributed by atoms with E-state index in [9.17, 15) is 9.59 Å². The molecule has 1 heterocycles. The van der Waals surface area contributed by atoms with Crippen molar-refractivity contribution in [3.63, 3.8) is 0 Å². The van der Waals surface area contributed by atoms with Crippen LogP contribution in [0, 0.1) is 0 Å². The fourth-order valence-corrected chi connectivity index (χ4v) is 3.12. The molecule has 0 spiro atoms. The summed E-state index contributed by atoms with van der Waals surface area (Å²) in [6.45, 7) is 0. The molecule has 0 aliphatic carbocycles. The molecule has 0 bridgehead atoms. The fourth-order valence-electron chi connectivity index (χ4n) is 1.82. The first-order valence-corrected chi connectivity index (χ1v) is 7.62. The molecule has 1 aliphatic heterocycles. The second-order valence-electron chi connectivity index (χ2n) is 4.21. The van der Waals surface area contributed by atoms with Crippen molar-refractivity contribution in [2.75, 3.05) is 0 Å². The van der Waals surface area contributed by atoms with Crippen LogP contribution in [0.3, 0.4) is 0 Å². The van der Waals surface area contributed by atoms with E-state index in [1.807, 2.05) is 12.1 Å². The highest BCUT2D eigenvalue weighted by Gasteiger charge is 2.28. The number of rotatable bonds is 2. The van der Waals surface area contributed by atoms with E-state index in [-0.39, 0.29) is 10.8 Å². The molecule has 2 aromatic rings. The summed E-state index contributed by atoms with van der Waals surface area (Å²) in [7, 11) is 0. The van der Waals surface area contributed by atoms with Crippen molar-refractivity contribution >= 4 is 44.5 Å². The fraction of sp³-hybridized carbons (Fsp3) is 0. The van der Waals surface area contributed by atoms with Gasteiger partial charge in [0, 0.05) is 14.9 Å². The van der Waals surface area contributed by atoms with Crippen LogP contribution in [0.1, 0.15) is 20.7 Å². The molecule has 0 atom stereocenters. The summed E-state index contributed by atoms with van der Waals surface area (Å²) in [6.07, 6.45) is 0. The summed E-state index contributed by atoms with van der Waals surface area (Å²) in [5, 5.41) is 3.86. The van der Waals surface area contributed by atoms with Gasteiger partial charge in [-0.2, -0.15) is 0 Å². The number of benzene rings is 2. The summed E-state index contributed by atoms with van der Waals surface area (Å²) < 4.78 is 0.767. The molecule has 0 amide bonds. The molecule has 1 aliphatic rings. The Morgan fingerprint density at radius 1 is 1.14 bits per heavy atom. The van der Waals surface area contributed by atoms with Gasteiger partial charge in [0.15, 0.2) is 5.04 Å². The highest BCUT2D eigenvalue weighted by atomic mass is 79.9. The number of nitrogens with zero attached hydrogens (tertiary/aromatic N) is 1. The van der Waals surface area contributed by atoms with Crippen LogP contribution in [0.15, 0.2) is 63.1 Å². The van der Waals surface area contributed by atoms with Gasteiger partial charge in [0.25, 0.3) is 0 Å². The number of hydrogen-bond donors (Lipinski definition) is 0. The minimum absolute atomic E-state index is 0.166. The molecule has 6 heteroatoms. The van der Waals surface area contributed by atoms with Crippen molar-refractivity contribution in [1.82, 2.24) is 0 Å². The molecule has 0 aromatic heterocycles. The monoisotopic (exact) mass is 361 g/mol. The Balaban J connectivity index is 1.76. The third kappa shape index (κ3) is 2.91. The van der Waals surface area contributed by atoms with Crippen LogP contribution in [0.5, 0.6) is 0 Å². The van der Waals surface area contributed by atoms with Crippen molar-refractivity contribution in [3.8, 4) is 0 Å². The maximum absolute atomic E-state index is 12.0. The molecule has 0 unspecified atom stereocenters. The van der Waals surface area contributed by atoms with Gasteiger partial charge in [-0.15, -0.1) is 0 Å². The highest BCUT2D eigenvalue weighted by Crippen LogP contribution is 2.33. The Labute approximate surface area is 133 Å². The quantitative estimate of drug-likeness (QED) is 0.601. The highest BCUT2D eigenvalue weighted by molar-refractivity contribution is 9.10. The Hall–Kier alpha value is -1.92. The lowest BCUT2D eigenvalue weighted by molar-refractivity contribution is 0.0517. The van der Waals surface area contributed by atoms with Gasteiger partial charge >= 0.3 is 5.97 Å². The molecule has 0 saturated carbocycles. The molecule has 0 radical (unpaired) electrons. The van der Waals surface area contributed by atoms with Crippen LogP contribution in [-0.4, -0.2) is 16.8 Å². The minimum Gasteiger partial charge on any atom is -0.312 e. The molecule has 21 heavy (non-hydrogen) atoms.